The number of amides is 1. The van der Waals surface area contributed by atoms with Gasteiger partial charge in [0.25, 0.3) is 0 Å². The summed E-state index contributed by atoms with van der Waals surface area (Å²) in [5, 5.41) is 0. The second-order valence-electron chi connectivity index (χ2n) is 7.03. The number of rotatable bonds is 4. The molecule has 21 heavy (non-hydrogen) atoms. The minimum absolute atomic E-state index is 0.203. The van der Waals surface area contributed by atoms with Crippen LogP contribution in [-0.4, -0.2) is 14.7 Å². The summed E-state index contributed by atoms with van der Waals surface area (Å²) in [5.41, 5.74) is 4.77. The van der Waals surface area contributed by atoms with Crippen LogP contribution in [0.25, 0.3) is 0 Å². The molecule has 2 atom stereocenters. The fourth-order valence-corrected chi connectivity index (χ4v) is 7.44. The molecule has 2 unspecified atom stereocenters. The first-order valence-electron chi connectivity index (χ1n) is 8.34. The Bertz CT molecular complexity index is 483. The van der Waals surface area contributed by atoms with Gasteiger partial charge in [-0.15, -0.1) is 0 Å². The molecule has 1 amide bonds. The van der Waals surface area contributed by atoms with E-state index in [0.717, 1.165) is 19.3 Å². The van der Waals surface area contributed by atoms with Crippen molar-refractivity contribution >= 4 is 14.7 Å². The van der Waals surface area contributed by atoms with Gasteiger partial charge in [-0.3, -0.25) is 0 Å². The van der Waals surface area contributed by atoms with E-state index < -0.39 is 8.80 Å². The molecule has 1 fully saturated rings. The van der Waals surface area contributed by atoms with Gasteiger partial charge in [0, 0.05) is 0 Å². The first-order valence-corrected chi connectivity index (χ1v) is 12.1. The summed E-state index contributed by atoms with van der Waals surface area (Å²) >= 11 is 1.81. The zero-order chi connectivity index (χ0) is 15.6. The van der Waals surface area contributed by atoms with E-state index in [0.29, 0.717) is 5.54 Å². The van der Waals surface area contributed by atoms with E-state index in [-0.39, 0.29) is 11.3 Å². The van der Waals surface area contributed by atoms with Gasteiger partial charge in [0.15, 0.2) is 0 Å². The maximum atomic E-state index is 12.9. The zero-order valence-corrected chi connectivity index (χ0v) is 16.6. The van der Waals surface area contributed by atoms with Crippen molar-refractivity contribution in [2.75, 3.05) is 0 Å². The van der Waals surface area contributed by atoms with Crippen molar-refractivity contribution in [1.82, 2.24) is 3.80 Å². The average Bonchev–Trinajstić information content (AvgIpc) is 2.87. The molecule has 1 N–H and O–H groups in total. The van der Waals surface area contributed by atoms with Crippen LogP contribution in [0, 0.1) is 5.41 Å². The Labute approximate surface area is 143 Å². The van der Waals surface area contributed by atoms with E-state index in [4.69, 9.17) is 0 Å². The Balaban J connectivity index is 2.46. The van der Waals surface area contributed by atoms with E-state index in [1.165, 1.54) is 36.0 Å². The quantitative estimate of drug-likeness (QED) is 0.770. The zero-order valence-electron chi connectivity index (χ0n) is 13.9. The summed E-state index contributed by atoms with van der Waals surface area (Å²) in [5.74, 6) is 0.282. The van der Waals surface area contributed by atoms with Crippen molar-refractivity contribution in [3.63, 3.8) is 0 Å². The predicted molar refractivity (Wildman–Crippen MR) is 87.4 cm³/mol. The molecular formula is C17H28NOSiTi. The molecule has 115 valence electrons. The van der Waals surface area contributed by atoms with Gasteiger partial charge in [-0.2, -0.15) is 0 Å². The maximum absolute atomic E-state index is 12.9. The Morgan fingerprint density at radius 2 is 2.19 bits per heavy atom. The van der Waals surface area contributed by atoms with Crippen LogP contribution < -0.4 is 3.80 Å². The molecule has 0 bridgehead atoms. The molecule has 2 rings (SSSR count). The van der Waals surface area contributed by atoms with Crippen molar-refractivity contribution < 1.29 is 25.5 Å². The van der Waals surface area contributed by atoms with Gasteiger partial charge in [0.1, 0.15) is 0 Å². The topological polar surface area (TPSA) is 29.1 Å². The van der Waals surface area contributed by atoms with Gasteiger partial charge in [-0.05, 0) is 0 Å². The number of carbonyl (C=O) groups excluding carboxylic acids is 1. The molecule has 0 saturated heterocycles. The van der Waals surface area contributed by atoms with E-state index >= 15 is 0 Å². The number of allylic oxidation sites excluding steroid dienone is 3. The third-order valence-electron chi connectivity index (χ3n) is 5.60. The molecule has 0 aromatic heterocycles. The van der Waals surface area contributed by atoms with Crippen LogP contribution in [0.2, 0.25) is 18.6 Å². The van der Waals surface area contributed by atoms with Crippen LogP contribution in [0.3, 0.4) is 0 Å². The molecule has 0 aromatic rings. The van der Waals surface area contributed by atoms with Crippen LogP contribution in [0.5, 0.6) is 0 Å². The van der Waals surface area contributed by atoms with E-state index in [9.17, 15) is 4.79 Å². The molecule has 0 aliphatic heterocycles. The van der Waals surface area contributed by atoms with Crippen molar-refractivity contribution in [3.05, 3.63) is 22.8 Å². The molecule has 0 radical (unpaired) electrons. The number of hydrogen-bond donors (Lipinski definition) is 1. The third-order valence-corrected chi connectivity index (χ3v) is 8.47. The number of nitrogens with one attached hydrogen (secondary N) is 1. The predicted octanol–water partition coefficient (Wildman–Crippen LogP) is 4.04. The monoisotopic (exact) mass is 338 g/mol. The Kier molecular flexibility index (Phi) is 5.72. The molecule has 2 aliphatic rings. The van der Waals surface area contributed by atoms with Gasteiger partial charge in [0.2, 0.25) is 0 Å². The molecule has 0 spiro atoms. The SMILES string of the molecule is CCC1=C(C)CC(C2(C(=O)[NH][Ti])CCCCC2[SiH](C)C)=C1. The molecule has 0 heterocycles. The van der Waals surface area contributed by atoms with E-state index in [2.05, 4.69) is 36.8 Å². The first-order chi connectivity index (χ1) is 9.97. The van der Waals surface area contributed by atoms with Gasteiger partial charge in [-0.25, -0.2) is 0 Å². The number of carbonyl (C=O) groups is 1. The van der Waals surface area contributed by atoms with Crippen molar-refractivity contribution in [3.8, 4) is 0 Å². The van der Waals surface area contributed by atoms with Crippen molar-refractivity contribution in [1.29, 1.82) is 0 Å². The van der Waals surface area contributed by atoms with E-state index in [1.54, 1.807) is 0 Å². The van der Waals surface area contributed by atoms with Crippen LogP contribution in [0.1, 0.15) is 52.4 Å². The average molecular weight is 338 g/mol. The normalized spacial score (nSPS) is 29.7. The summed E-state index contributed by atoms with van der Waals surface area (Å²) in [4.78, 5) is 12.9. The van der Waals surface area contributed by atoms with Gasteiger partial charge in [0.05, 0.1) is 0 Å². The Morgan fingerprint density at radius 3 is 2.71 bits per heavy atom. The van der Waals surface area contributed by atoms with Gasteiger partial charge >= 0.3 is 143 Å². The van der Waals surface area contributed by atoms with Crippen molar-refractivity contribution in [2.45, 2.75) is 71.0 Å². The molecule has 1 saturated carbocycles. The number of hydrogen-bond acceptors (Lipinski definition) is 1. The molecule has 2 aliphatic carbocycles. The summed E-state index contributed by atoms with van der Waals surface area (Å²) in [6.45, 7) is 9.30. The van der Waals surface area contributed by atoms with Gasteiger partial charge < -0.3 is 0 Å². The summed E-state index contributed by atoms with van der Waals surface area (Å²) < 4.78 is 3.01. The fraction of sp³-hybridized carbons (Fsp3) is 0.706. The molecular weight excluding hydrogens is 310 g/mol. The third kappa shape index (κ3) is 3.02. The van der Waals surface area contributed by atoms with Crippen LogP contribution >= 0.6 is 0 Å². The standard InChI is InChI=1S/C17H29NOSi.Ti/c1-5-13-11-14(10-12(13)2)17(16(18)19)9-7-6-8-15(17)20(3)4;/h11,15,20H,5-10H2,1-4H3,(H2,18,19);/q;+1/p-1. The second kappa shape index (κ2) is 6.97. The van der Waals surface area contributed by atoms with E-state index in [1.807, 2.05) is 20.7 Å². The second-order valence-corrected chi connectivity index (χ2v) is 10.7. The summed E-state index contributed by atoms with van der Waals surface area (Å²) in [6, 6.07) is 0. The first kappa shape index (κ1) is 17.2. The fourth-order valence-electron chi connectivity index (χ4n) is 4.51. The van der Waals surface area contributed by atoms with Crippen LogP contribution in [0.4, 0.5) is 0 Å². The minimum atomic E-state index is -0.873. The van der Waals surface area contributed by atoms with Crippen LogP contribution in [0.15, 0.2) is 22.8 Å². The Hall–Kier alpha value is -0.119. The van der Waals surface area contributed by atoms with Gasteiger partial charge in [-0.1, -0.05) is 0 Å². The van der Waals surface area contributed by atoms with Crippen molar-refractivity contribution in [2.24, 2.45) is 5.41 Å². The molecule has 2 nitrogen and oxygen atoms in total. The molecule has 4 heteroatoms. The summed E-state index contributed by atoms with van der Waals surface area (Å²) in [6.07, 6.45) is 9.28. The Morgan fingerprint density at radius 1 is 1.48 bits per heavy atom. The molecule has 0 aromatic carbocycles. The summed E-state index contributed by atoms with van der Waals surface area (Å²) in [7, 11) is -0.873. The van der Waals surface area contributed by atoms with Crippen LogP contribution in [-0.2, 0) is 25.5 Å².